The van der Waals surface area contributed by atoms with E-state index < -0.39 is 0 Å². The number of benzene rings is 1. The number of rotatable bonds is 4. The number of hydrogen-bond acceptors (Lipinski definition) is 2. The smallest absolute Gasteiger partial charge is 0.203 e. The Morgan fingerprint density at radius 2 is 2.00 bits per heavy atom. The summed E-state index contributed by atoms with van der Waals surface area (Å²) in [7, 11) is 0. The SMILES string of the molecule is Cc1cn(C(C)c2cccc(Br)c2)c(NC(C)C)n1. The average molecular weight is 322 g/mol. The largest absolute Gasteiger partial charge is 0.353 e. The lowest BCUT2D eigenvalue weighted by Crippen LogP contribution is -2.16. The number of aryl methyl sites for hydroxylation is 1. The molecule has 1 atom stereocenters. The van der Waals surface area contributed by atoms with E-state index in [9.17, 15) is 0 Å². The van der Waals surface area contributed by atoms with Gasteiger partial charge in [0.1, 0.15) is 0 Å². The van der Waals surface area contributed by atoms with Crippen LogP contribution in [-0.2, 0) is 0 Å². The summed E-state index contributed by atoms with van der Waals surface area (Å²) in [5.41, 5.74) is 2.29. The summed E-state index contributed by atoms with van der Waals surface area (Å²) in [6.45, 7) is 8.46. The van der Waals surface area contributed by atoms with E-state index in [1.54, 1.807) is 0 Å². The molecule has 0 saturated heterocycles. The van der Waals surface area contributed by atoms with Crippen molar-refractivity contribution >= 4 is 21.9 Å². The minimum absolute atomic E-state index is 0.250. The topological polar surface area (TPSA) is 29.9 Å². The highest BCUT2D eigenvalue weighted by Gasteiger charge is 2.14. The fourth-order valence-corrected chi connectivity index (χ4v) is 2.52. The Kier molecular flexibility index (Phi) is 4.30. The van der Waals surface area contributed by atoms with E-state index in [0.29, 0.717) is 6.04 Å². The summed E-state index contributed by atoms with van der Waals surface area (Å²) >= 11 is 3.53. The lowest BCUT2D eigenvalue weighted by atomic mass is 10.1. The number of halogens is 1. The molecule has 0 fully saturated rings. The molecule has 3 nitrogen and oxygen atoms in total. The van der Waals surface area contributed by atoms with Crippen LogP contribution in [0.1, 0.15) is 38.1 Å². The zero-order valence-corrected chi connectivity index (χ0v) is 13.4. The number of imidazole rings is 1. The minimum Gasteiger partial charge on any atom is -0.353 e. The molecule has 1 heterocycles. The van der Waals surface area contributed by atoms with E-state index in [2.05, 4.69) is 76.0 Å². The molecular weight excluding hydrogens is 302 g/mol. The van der Waals surface area contributed by atoms with Crippen molar-refractivity contribution in [3.8, 4) is 0 Å². The van der Waals surface area contributed by atoms with Gasteiger partial charge in [-0.1, -0.05) is 28.1 Å². The molecule has 0 aliphatic carbocycles. The number of hydrogen-bond donors (Lipinski definition) is 1. The fourth-order valence-electron chi connectivity index (χ4n) is 2.10. The maximum absolute atomic E-state index is 4.56. The minimum atomic E-state index is 0.250. The molecule has 0 saturated carbocycles. The second kappa shape index (κ2) is 5.78. The normalized spacial score (nSPS) is 12.7. The van der Waals surface area contributed by atoms with Crippen LogP contribution in [0.15, 0.2) is 34.9 Å². The van der Waals surface area contributed by atoms with Crippen molar-refractivity contribution in [1.29, 1.82) is 0 Å². The van der Waals surface area contributed by atoms with Gasteiger partial charge in [0.2, 0.25) is 5.95 Å². The Labute approximate surface area is 123 Å². The Hall–Kier alpha value is -1.29. The fraction of sp³-hybridized carbons (Fsp3) is 0.400. The molecule has 0 radical (unpaired) electrons. The zero-order valence-electron chi connectivity index (χ0n) is 11.8. The van der Waals surface area contributed by atoms with Crippen LogP contribution in [0.5, 0.6) is 0 Å². The van der Waals surface area contributed by atoms with Crippen LogP contribution < -0.4 is 5.32 Å². The summed E-state index contributed by atoms with van der Waals surface area (Å²) < 4.78 is 3.30. The summed E-state index contributed by atoms with van der Waals surface area (Å²) in [5.74, 6) is 0.931. The Balaban J connectivity index is 2.35. The van der Waals surface area contributed by atoms with Gasteiger partial charge in [0.25, 0.3) is 0 Å². The third-order valence-corrected chi connectivity index (χ3v) is 3.51. The molecule has 4 heteroatoms. The van der Waals surface area contributed by atoms with Crippen molar-refractivity contribution < 1.29 is 0 Å². The van der Waals surface area contributed by atoms with Gasteiger partial charge in [0.05, 0.1) is 11.7 Å². The number of aromatic nitrogens is 2. The molecule has 2 rings (SSSR count). The van der Waals surface area contributed by atoms with Crippen LogP contribution in [0.25, 0.3) is 0 Å². The van der Waals surface area contributed by atoms with Crippen LogP contribution in [0.3, 0.4) is 0 Å². The lowest BCUT2D eigenvalue weighted by Gasteiger charge is -2.19. The number of nitrogens with one attached hydrogen (secondary N) is 1. The molecule has 0 amide bonds. The van der Waals surface area contributed by atoms with E-state index >= 15 is 0 Å². The third kappa shape index (κ3) is 3.38. The summed E-state index contributed by atoms with van der Waals surface area (Å²) in [6, 6.07) is 9.02. The molecular formula is C15H20BrN3. The maximum atomic E-state index is 4.56. The molecule has 102 valence electrons. The van der Waals surface area contributed by atoms with Gasteiger partial charge >= 0.3 is 0 Å². The first-order valence-electron chi connectivity index (χ1n) is 6.55. The van der Waals surface area contributed by atoms with Gasteiger partial charge in [-0.15, -0.1) is 0 Å². The summed E-state index contributed by atoms with van der Waals surface area (Å²) in [4.78, 5) is 4.56. The van der Waals surface area contributed by atoms with Crippen molar-refractivity contribution in [2.45, 2.75) is 39.8 Å². The van der Waals surface area contributed by atoms with Gasteiger partial charge in [-0.05, 0) is 45.4 Å². The van der Waals surface area contributed by atoms with E-state index in [0.717, 1.165) is 16.1 Å². The third-order valence-electron chi connectivity index (χ3n) is 3.02. The van der Waals surface area contributed by atoms with Crippen LogP contribution in [0.2, 0.25) is 0 Å². The quantitative estimate of drug-likeness (QED) is 0.905. The first-order chi connectivity index (χ1) is 8.97. The Bertz CT molecular complexity index is 560. The first kappa shape index (κ1) is 14.1. The van der Waals surface area contributed by atoms with Crippen LogP contribution >= 0.6 is 15.9 Å². The molecule has 1 N–H and O–H groups in total. The van der Waals surface area contributed by atoms with Gasteiger partial charge in [0, 0.05) is 16.7 Å². The Morgan fingerprint density at radius 1 is 1.26 bits per heavy atom. The highest BCUT2D eigenvalue weighted by molar-refractivity contribution is 9.10. The highest BCUT2D eigenvalue weighted by atomic mass is 79.9. The van der Waals surface area contributed by atoms with Crippen molar-refractivity contribution in [2.75, 3.05) is 5.32 Å². The monoisotopic (exact) mass is 321 g/mol. The van der Waals surface area contributed by atoms with Crippen LogP contribution in [0.4, 0.5) is 5.95 Å². The van der Waals surface area contributed by atoms with Gasteiger partial charge in [-0.25, -0.2) is 4.98 Å². The van der Waals surface area contributed by atoms with Crippen molar-refractivity contribution in [3.63, 3.8) is 0 Å². The first-order valence-corrected chi connectivity index (χ1v) is 7.34. The Morgan fingerprint density at radius 3 is 2.63 bits per heavy atom. The molecule has 19 heavy (non-hydrogen) atoms. The van der Waals surface area contributed by atoms with Crippen molar-refractivity contribution in [3.05, 3.63) is 46.2 Å². The second-order valence-corrected chi connectivity index (χ2v) is 6.06. The average Bonchev–Trinajstić information content (AvgIpc) is 2.68. The number of nitrogens with zero attached hydrogens (tertiary/aromatic N) is 2. The standard InChI is InChI=1S/C15H20BrN3/c1-10(2)17-15-18-11(3)9-19(15)12(4)13-6-5-7-14(16)8-13/h5-10,12H,1-4H3,(H,17,18). The van der Waals surface area contributed by atoms with Crippen molar-refractivity contribution in [2.24, 2.45) is 0 Å². The molecule has 1 aromatic heterocycles. The molecule has 1 unspecified atom stereocenters. The van der Waals surface area contributed by atoms with Gasteiger partial charge in [-0.3, -0.25) is 0 Å². The maximum Gasteiger partial charge on any atom is 0.203 e. The molecule has 2 aromatic rings. The summed E-state index contributed by atoms with van der Waals surface area (Å²) in [5, 5.41) is 3.40. The van der Waals surface area contributed by atoms with E-state index in [1.807, 2.05) is 13.0 Å². The zero-order chi connectivity index (χ0) is 14.0. The highest BCUT2D eigenvalue weighted by Crippen LogP contribution is 2.25. The second-order valence-electron chi connectivity index (χ2n) is 5.14. The van der Waals surface area contributed by atoms with E-state index in [-0.39, 0.29) is 6.04 Å². The molecule has 0 spiro atoms. The molecule has 0 bridgehead atoms. The van der Waals surface area contributed by atoms with Crippen LogP contribution in [-0.4, -0.2) is 15.6 Å². The van der Waals surface area contributed by atoms with Crippen LogP contribution in [0, 0.1) is 6.92 Å². The predicted molar refractivity (Wildman–Crippen MR) is 83.7 cm³/mol. The van der Waals surface area contributed by atoms with E-state index in [4.69, 9.17) is 0 Å². The summed E-state index contributed by atoms with van der Waals surface area (Å²) in [6.07, 6.45) is 2.09. The molecule has 1 aromatic carbocycles. The van der Waals surface area contributed by atoms with Gasteiger partial charge in [0.15, 0.2) is 0 Å². The number of anilines is 1. The predicted octanol–water partition coefficient (Wildman–Crippen LogP) is 4.38. The van der Waals surface area contributed by atoms with Gasteiger partial charge < -0.3 is 9.88 Å². The van der Waals surface area contributed by atoms with Crippen molar-refractivity contribution in [1.82, 2.24) is 9.55 Å². The van der Waals surface area contributed by atoms with Gasteiger partial charge in [-0.2, -0.15) is 0 Å². The molecule has 0 aliphatic heterocycles. The van der Waals surface area contributed by atoms with E-state index in [1.165, 1.54) is 5.56 Å². The molecule has 0 aliphatic rings. The lowest BCUT2D eigenvalue weighted by molar-refractivity contribution is 0.638.